The number of fused-ring (bicyclic) bond motifs is 1. The fourth-order valence-corrected chi connectivity index (χ4v) is 5.01. The van der Waals surface area contributed by atoms with Gasteiger partial charge in [-0.1, -0.05) is 47.5 Å². The van der Waals surface area contributed by atoms with Crippen LogP contribution in [0.1, 0.15) is 30.1 Å². The molecule has 3 rings (SSSR count). The predicted molar refractivity (Wildman–Crippen MR) is 119 cm³/mol. The third kappa shape index (κ3) is 3.89. The maximum Gasteiger partial charge on any atom is 0.262 e. The molecule has 27 heavy (non-hydrogen) atoms. The molecule has 0 fully saturated rings. The lowest BCUT2D eigenvalue weighted by atomic mass is 10.0. The highest BCUT2D eigenvalue weighted by Gasteiger charge is 2.20. The summed E-state index contributed by atoms with van der Waals surface area (Å²) in [7, 11) is 0. The largest absolute Gasteiger partial charge is 0.302 e. The molecular weight excluding hydrogens is 422 g/mol. The van der Waals surface area contributed by atoms with Gasteiger partial charge in [0, 0.05) is 28.0 Å². The van der Waals surface area contributed by atoms with E-state index in [0.717, 1.165) is 56.2 Å². The fourth-order valence-electron chi connectivity index (χ4n) is 3.50. The first-order valence-corrected chi connectivity index (χ1v) is 11.0. The number of rotatable bonds is 6. The van der Waals surface area contributed by atoms with Crippen LogP contribution in [0.2, 0.25) is 0 Å². The van der Waals surface area contributed by atoms with E-state index in [4.69, 9.17) is 4.98 Å². The molecule has 2 heterocycles. The number of hydrogen-bond acceptors (Lipinski definition) is 4. The van der Waals surface area contributed by atoms with Crippen molar-refractivity contribution in [3.8, 4) is 11.1 Å². The van der Waals surface area contributed by atoms with E-state index in [0.29, 0.717) is 6.54 Å². The number of benzene rings is 1. The van der Waals surface area contributed by atoms with Crippen LogP contribution >= 0.6 is 27.3 Å². The monoisotopic (exact) mass is 447 g/mol. The highest BCUT2D eigenvalue weighted by atomic mass is 79.9. The lowest BCUT2D eigenvalue weighted by Gasteiger charge is -2.19. The third-order valence-corrected chi connectivity index (χ3v) is 6.79. The highest BCUT2D eigenvalue weighted by Crippen LogP contribution is 2.39. The van der Waals surface area contributed by atoms with Crippen molar-refractivity contribution < 1.29 is 0 Å². The molecule has 1 aromatic carbocycles. The predicted octanol–water partition coefficient (Wildman–Crippen LogP) is 5.15. The molecule has 0 N–H and O–H groups in total. The van der Waals surface area contributed by atoms with E-state index in [1.165, 1.54) is 5.56 Å². The molecule has 0 aliphatic rings. The van der Waals surface area contributed by atoms with Crippen LogP contribution < -0.4 is 5.56 Å². The van der Waals surface area contributed by atoms with E-state index in [2.05, 4.69) is 60.7 Å². The second-order valence-electron chi connectivity index (χ2n) is 6.84. The van der Waals surface area contributed by atoms with Crippen molar-refractivity contribution >= 4 is 37.5 Å². The summed E-state index contributed by atoms with van der Waals surface area (Å²) in [6, 6.07) is 6.26. The van der Waals surface area contributed by atoms with Crippen LogP contribution in [-0.2, 0) is 6.54 Å². The van der Waals surface area contributed by atoms with Gasteiger partial charge in [-0.2, -0.15) is 0 Å². The van der Waals surface area contributed by atoms with E-state index >= 15 is 0 Å². The summed E-state index contributed by atoms with van der Waals surface area (Å²) in [5.74, 6) is 0.788. The Bertz CT molecular complexity index is 1030. The molecule has 2 aromatic heterocycles. The molecule has 3 aromatic rings. The summed E-state index contributed by atoms with van der Waals surface area (Å²) in [4.78, 5) is 22.5. The zero-order chi connectivity index (χ0) is 19.7. The van der Waals surface area contributed by atoms with Crippen molar-refractivity contribution in [1.82, 2.24) is 14.5 Å². The lowest BCUT2D eigenvalue weighted by molar-refractivity contribution is 0.288. The van der Waals surface area contributed by atoms with Crippen molar-refractivity contribution in [3.05, 3.63) is 49.3 Å². The van der Waals surface area contributed by atoms with E-state index < -0.39 is 0 Å². The van der Waals surface area contributed by atoms with Crippen molar-refractivity contribution in [2.45, 2.75) is 41.2 Å². The molecule has 0 bridgehead atoms. The van der Waals surface area contributed by atoms with Gasteiger partial charge in [0.25, 0.3) is 5.56 Å². The van der Waals surface area contributed by atoms with Gasteiger partial charge in [-0.25, -0.2) is 4.98 Å². The number of aromatic nitrogens is 2. The summed E-state index contributed by atoms with van der Waals surface area (Å²) in [5.41, 5.74) is 3.32. The van der Waals surface area contributed by atoms with Gasteiger partial charge in [0.15, 0.2) is 0 Å². The zero-order valence-corrected chi connectivity index (χ0v) is 19.0. The molecule has 0 unspecified atom stereocenters. The number of thiophene rings is 1. The average molecular weight is 448 g/mol. The molecule has 0 amide bonds. The Morgan fingerprint density at radius 2 is 1.89 bits per heavy atom. The molecular formula is C21H26BrN3OS. The Kier molecular flexibility index (Phi) is 6.18. The first-order chi connectivity index (χ1) is 12.9. The van der Waals surface area contributed by atoms with Gasteiger partial charge in [0.05, 0.1) is 5.39 Å². The minimum absolute atomic E-state index is 0.0670. The van der Waals surface area contributed by atoms with Gasteiger partial charge in [-0.3, -0.25) is 9.36 Å². The van der Waals surface area contributed by atoms with Crippen LogP contribution in [0.25, 0.3) is 21.3 Å². The number of halogens is 1. The zero-order valence-electron chi connectivity index (χ0n) is 16.6. The van der Waals surface area contributed by atoms with Gasteiger partial charge in [-0.15, -0.1) is 11.3 Å². The Labute approximate surface area is 173 Å². The fraction of sp³-hybridized carbons (Fsp3) is 0.429. The number of aryl methyl sites for hydroxylation is 3. The SMILES string of the molecule is CCN(CC)CCn1c(C)nc2sc(C)c(-c3cc(C)ccc3Br)c2c1=O. The van der Waals surface area contributed by atoms with Gasteiger partial charge >= 0.3 is 0 Å². The Hall–Kier alpha value is -1.50. The van der Waals surface area contributed by atoms with Crippen LogP contribution in [0.4, 0.5) is 0 Å². The van der Waals surface area contributed by atoms with Crippen molar-refractivity contribution in [2.24, 2.45) is 0 Å². The number of hydrogen-bond donors (Lipinski definition) is 0. The molecule has 0 aliphatic heterocycles. The van der Waals surface area contributed by atoms with E-state index in [1.807, 2.05) is 17.6 Å². The van der Waals surface area contributed by atoms with E-state index in [-0.39, 0.29) is 5.56 Å². The summed E-state index contributed by atoms with van der Waals surface area (Å²) in [6.45, 7) is 13.9. The lowest BCUT2D eigenvalue weighted by Crippen LogP contribution is -2.32. The summed E-state index contributed by atoms with van der Waals surface area (Å²) in [5, 5.41) is 0.744. The van der Waals surface area contributed by atoms with Crippen LogP contribution in [0.15, 0.2) is 27.5 Å². The molecule has 6 heteroatoms. The second-order valence-corrected chi connectivity index (χ2v) is 8.90. The molecule has 4 nitrogen and oxygen atoms in total. The Balaban J connectivity index is 2.19. The normalized spacial score (nSPS) is 11.7. The highest BCUT2D eigenvalue weighted by molar-refractivity contribution is 9.10. The first-order valence-electron chi connectivity index (χ1n) is 9.36. The smallest absolute Gasteiger partial charge is 0.262 e. The third-order valence-electron chi connectivity index (χ3n) is 5.10. The second kappa shape index (κ2) is 8.25. The molecule has 144 valence electrons. The minimum atomic E-state index is 0.0670. The summed E-state index contributed by atoms with van der Waals surface area (Å²) in [6.07, 6.45) is 0. The van der Waals surface area contributed by atoms with Crippen LogP contribution in [0.3, 0.4) is 0 Å². The Morgan fingerprint density at radius 1 is 1.19 bits per heavy atom. The molecule has 0 saturated heterocycles. The number of nitrogens with zero attached hydrogens (tertiary/aromatic N) is 3. The summed E-state index contributed by atoms with van der Waals surface area (Å²) >= 11 is 5.27. The van der Waals surface area contributed by atoms with Crippen LogP contribution in [0.5, 0.6) is 0 Å². The van der Waals surface area contributed by atoms with Crippen molar-refractivity contribution in [1.29, 1.82) is 0 Å². The molecule has 0 spiro atoms. The maximum atomic E-state index is 13.4. The van der Waals surface area contributed by atoms with E-state index in [9.17, 15) is 4.79 Å². The molecule has 0 atom stereocenters. The number of likely N-dealkylation sites (N-methyl/N-ethyl adjacent to an activating group) is 1. The van der Waals surface area contributed by atoms with E-state index in [1.54, 1.807) is 11.3 Å². The van der Waals surface area contributed by atoms with Gasteiger partial charge in [0.1, 0.15) is 10.7 Å². The van der Waals surface area contributed by atoms with Gasteiger partial charge in [0.2, 0.25) is 0 Å². The Morgan fingerprint density at radius 3 is 2.56 bits per heavy atom. The summed E-state index contributed by atoms with van der Waals surface area (Å²) < 4.78 is 2.84. The van der Waals surface area contributed by atoms with Crippen molar-refractivity contribution in [3.63, 3.8) is 0 Å². The molecule has 0 radical (unpaired) electrons. The van der Waals surface area contributed by atoms with Gasteiger partial charge < -0.3 is 4.90 Å². The quantitative estimate of drug-likeness (QED) is 0.523. The minimum Gasteiger partial charge on any atom is -0.302 e. The molecule has 0 aliphatic carbocycles. The average Bonchev–Trinajstić information content (AvgIpc) is 2.96. The van der Waals surface area contributed by atoms with Gasteiger partial charge in [-0.05, 0) is 45.5 Å². The standard InChI is InChI=1S/C21H26BrN3OS/c1-6-24(7-2)10-11-25-15(5)23-20-19(21(25)26)18(14(4)27-20)16-12-13(3)8-9-17(16)22/h8-9,12H,6-7,10-11H2,1-5H3. The molecule has 0 saturated carbocycles. The first kappa shape index (κ1) is 20.2. The van der Waals surface area contributed by atoms with Crippen molar-refractivity contribution in [2.75, 3.05) is 19.6 Å². The van der Waals surface area contributed by atoms with Crippen LogP contribution in [0, 0.1) is 20.8 Å². The van der Waals surface area contributed by atoms with Crippen LogP contribution in [-0.4, -0.2) is 34.1 Å². The maximum absolute atomic E-state index is 13.4. The topological polar surface area (TPSA) is 38.1 Å².